The number of allylic oxidation sites excluding steroid dienone is 1. The molecule has 276 valence electrons. The minimum Gasteiger partial charge on any atom is -0.334 e. The smallest absolute Gasteiger partial charge is 0.315 e. The molecular weight excluding hydrogens is 646 g/mol. The number of fused-ring (bicyclic) bond motifs is 1. The second-order valence-corrected chi connectivity index (χ2v) is 18.2. The van der Waals surface area contributed by atoms with E-state index >= 15 is 0 Å². The molecule has 2 N–H and O–H groups in total. The molecular formula is C36H59N5O7S. The van der Waals surface area contributed by atoms with Crippen LogP contribution in [-0.4, -0.2) is 104 Å². The molecule has 1 unspecified atom stereocenters. The van der Waals surface area contributed by atoms with Gasteiger partial charge in [0, 0.05) is 65.5 Å². The van der Waals surface area contributed by atoms with Crippen LogP contribution in [0.3, 0.4) is 0 Å². The van der Waals surface area contributed by atoms with E-state index in [4.69, 9.17) is 6.42 Å². The molecule has 0 radical (unpaired) electrons. The number of Topliss-reactive ketones (excluding diaryl/α,β-unsaturated/α-hetero) is 3. The lowest BCUT2D eigenvalue weighted by atomic mass is 9.83. The highest BCUT2D eigenvalue weighted by Crippen LogP contribution is 2.44. The Labute approximate surface area is 294 Å². The number of nitrogens with one attached hydrogen (secondary N) is 2. The van der Waals surface area contributed by atoms with Crippen LogP contribution >= 0.6 is 0 Å². The van der Waals surface area contributed by atoms with Crippen LogP contribution in [0, 0.1) is 40.9 Å². The van der Waals surface area contributed by atoms with Crippen molar-refractivity contribution in [2.24, 2.45) is 28.6 Å². The quantitative estimate of drug-likeness (QED) is 0.133. The van der Waals surface area contributed by atoms with E-state index in [1.54, 1.807) is 11.0 Å². The Morgan fingerprint density at radius 3 is 2.18 bits per heavy atom. The Morgan fingerprint density at radius 2 is 1.65 bits per heavy atom. The molecule has 1 heterocycles. The summed E-state index contributed by atoms with van der Waals surface area (Å²) < 4.78 is 27.7. The largest absolute Gasteiger partial charge is 0.334 e. The van der Waals surface area contributed by atoms with E-state index in [0.717, 1.165) is 23.6 Å². The van der Waals surface area contributed by atoms with Crippen LogP contribution < -0.4 is 10.6 Å². The number of ketones is 3. The van der Waals surface area contributed by atoms with Gasteiger partial charge in [0.2, 0.25) is 11.7 Å². The van der Waals surface area contributed by atoms with E-state index in [1.165, 1.54) is 25.4 Å². The Morgan fingerprint density at radius 1 is 1.02 bits per heavy atom. The van der Waals surface area contributed by atoms with Crippen molar-refractivity contribution in [2.45, 2.75) is 111 Å². The molecule has 1 aliphatic heterocycles. The molecule has 3 amide bonds. The third kappa shape index (κ3) is 11.0. The van der Waals surface area contributed by atoms with Gasteiger partial charge in [0.05, 0.1) is 6.04 Å². The second-order valence-electron chi connectivity index (χ2n) is 15.9. The van der Waals surface area contributed by atoms with E-state index in [0.29, 0.717) is 13.0 Å². The Hall–Kier alpha value is -3.08. The minimum absolute atomic E-state index is 0.00667. The maximum absolute atomic E-state index is 14.4. The third-order valence-electron chi connectivity index (χ3n) is 9.84. The fourth-order valence-electron chi connectivity index (χ4n) is 6.79. The van der Waals surface area contributed by atoms with Crippen LogP contribution in [0.5, 0.6) is 0 Å². The number of likely N-dealkylation sites (tertiary alicyclic amines) is 1. The number of amides is 3. The van der Waals surface area contributed by atoms with Gasteiger partial charge in [-0.1, -0.05) is 54.0 Å². The maximum atomic E-state index is 14.4. The molecule has 0 bridgehead atoms. The molecule has 0 aromatic carbocycles. The normalized spacial score (nSPS) is 21.4. The highest BCUT2D eigenvalue weighted by atomic mass is 32.2. The fraction of sp³-hybridized carbons (Fsp3) is 0.750. The number of nitrogens with zero attached hydrogens (tertiary/aromatic N) is 3. The predicted molar refractivity (Wildman–Crippen MR) is 190 cm³/mol. The van der Waals surface area contributed by atoms with E-state index in [9.17, 15) is 32.4 Å². The number of carbonyl (C=O) groups is 5. The number of terminal acetylenes is 1. The lowest BCUT2D eigenvalue weighted by Gasteiger charge is -2.38. The molecule has 13 heteroatoms. The van der Waals surface area contributed by atoms with Crippen molar-refractivity contribution in [3.05, 3.63) is 12.7 Å². The maximum Gasteiger partial charge on any atom is 0.315 e. The van der Waals surface area contributed by atoms with Crippen molar-refractivity contribution >= 4 is 39.5 Å². The van der Waals surface area contributed by atoms with Crippen LogP contribution in [-0.2, 0) is 29.4 Å². The number of hydrogen-bond acceptors (Lipinski definition) is 7. The number of urea groups is 1. The molecule has 2 aliphatic rings. The van der Waals surface area contributed by atoms with Gasteiger partial charge in [-0.05, 0) is 48.3 Å². The van der Waals surface area contributed by atoms with Crippen LogP contribution in [0.15, 0.2) is 12.7 Å². The van der Waals surface area contributed by atoms with E-state index in [1.807, 2.05) is 41.5 Å². The first kappa shape index (κ1) is 42.1. The Balaban J connectivity index is 2.36. The van der Waals surface area contributed by atoms with Crippen molar-refractivity contribution in [3.8, 4) is 12.3 Å². The summed E-state index contributed by atoms with van der Waals surface area (Å²) in [5.74, 6) is -0.188. The molecule has 1 saturated carbocycles. The van der Waals surface area contributed by atoms with Crippen molar-refractivity contribution in [2.75, 3.05) is 34.2 Å². The van der Waals surface area contributed by atoms with E-state index in [2.05, 4.69) is 23.1 Å². The molecule has 0 aromatic rings. The topological polar surface area (TPSA) is 153 Å². The molecule has 2 fully saturated rings. The average Bonchev–Trinajstić information content (AvgIpc) is 3.60. The highest BCUT2D eigenvalue weighted by molar-refractivity contribution is 7.86. The summed E-state index contributed by atoms with van der Waals surface area (Å²) in [4.78, 5) is 69.5. The number of rotatable bonds is 17. The predicted octanol–water partition coefficient (Wildman–Crippen LogP) is 3.57. The van der Waals surface area contributed by atoms with Crippen LogP contribution in [0.25, 0.3) is 0 Å². The van der Waals surface area contributed by atoms with Crippen LogP contribution in [0.2, 0.25) is 0 Å². The van der Waals surface area contributed by atoms with E-state index < -0.39 is 68.6 Å². The van der Waals surface area contributed by atoms with Gasteiger partial charge in [-0.15, -0.1) is 18.9 Å². The monoisotopic (exact) mass is 705 g/mol. The fourth-order valence-corrected chi connectivity index (χ4v) is 7.68. The van der Waals surface area contributed by atoms with Crippen molar-refractivity contribution in [1.29, 1.82) is 0 Å². The zero-order valence-electron chi connectivity index (χ0n) is 31.0. The number of carbonyl (C=O) groups excluding carboxylic acids is 5. The number of hydrogen-bond donors (Lipinski definition) is 2. The van der Waals surface area contributed by atoms with E-state index in [-0.39, 0.29) is 49.8 Å². The summed E-state index contributed by atoms with van der Waals surface area (Å²) in [5, 5.41) is 5.76. The van der Waals surface area contributed by atoms with Crippen molar-refractivity contribution < 1.29 is 32.4 Å². The van der Waals surface area contributed by atoms with Gasteiger partial charge in [0.25, 0.3) is 10.2 Å². The zero-order valence-corrected chi connectivity index (χ0v) is 31.8. The average molecular weight is 706 g/mol. The summed E-state index contributed by atoms with van der Waals surface area (Å²) in [6.45, 7) is 15.1. The minimum atomic E-state index is -3.74. The summed E-state index contributed by atoms with van der Waals surface area (Å²) in [5.41, 5.74) is -1.30. The lowest BCUT2D eigenvalue weighted by molar-refractivity contribution is -0.144. The molecule has 2 rings (SSSR count). The van der Waals surface area contributed by atoms with Crippen molar-refractivity contribution in [3.63, 3.8) is 0 Å². The van der Waals surface area contributed by atoms with Crippen molar-refractivity contribution in [1.82, 2.24) is 24.1 Å². The van der Waals surface area contributed by atoms with Gasteiger partial charge in [-0.2, -0.15) is 17.0 Å². The SMILES string of the molecule is C#CCCC(CC(=O)[C@@H]1[C@H]2CCC[C@H]2CN1C(=O)[C@@H](NC(=O)N[C@H](CN(C)S(=O)(=O)N(C)C)C(C)(C)C)C(C)(C)C)C(=O)C(=O)CCC=C. The first-order chi connectivity index (χ1) is 22.6. The molecule has 1 saturated heterocycles. The van der Waals surface area contributed by atoms with Gasteiger partial charge in [0.15, 0.2) is 11.6 Å². The van der Waals surface area contributed by atoms with Gasteiger partial charge in [-0.3, -0.25) is 19.2 Å². The second kappa shape index (κ2) is 17.2. The van der Waals surface area contributed by atoms with Crippen LogP contribution in [0.1, 0.15) is 92.9 Å². The highest BCUT2D eigenvalue weighted by Gasteiger charge is 2.52. The summed E-state index contributed by atoms with van der Waals surface area (Å²) in [6, 6.07) is -3.06. The molecule has 0 spiro atoms. The molecule has 12 nitrogen and oxygen atoms in total. The zero-order chi connectivity index (χ0) is 37.5. The number of likely N-dealkylation sites (N-methyl/N-ethyl adjacent to an activating group) is 1. The summed E-state index contributed by atoms with van der Waals surface area (Å²) in [6.07, 6.45) is 10.2. The lowest BCUT2D eigenvalue weighted by Crippen LogP contribution is -2.61. The molecule has 49 heavy (non-hydrogen) atoms. The molecule has 0 aromatic heterocycles. The standard InChI is InChI=1S/C36H59N5O7S/c1-12-14-17-24(31(44)27(42)20-15-13-2)21-28(43)30-26-19-16-18-25(26)22-41(30)33(45)32(36(6,7)8)38-34(46)37-29(35(3,4)5)23-40(11)49(47,48)39(9)10/h1,13,24-26,29-30,32H,2,14-23H2,3-11H3,(H2,37,38,46)/t24?,25-,26-,29+,30-,32+/m0/s1. The Bertz CT molecular complexity index is 1390. The third-order valence-corrected chi connectivity index (χ3v) is 11.7. The first-order valence-electron chi connectivity index (χ1n) is 17.2. The Kier molecular flexibility index (Phi) is 14.8. The van der Waals surface area contributed by atoms with Gasteiger partial charge in [0.1, 0.15) is 6.04 Å². The van der Waals surface area contributed by atoms with Gasteiger partial charge in [-0.25, -0.2) is 4.79 Å². The first-order valence-corrected chi connectivity index (χ1v) is 18.6. The molecule has 6 atom stereocenters. The van der Waals surface area contributed by atoms with Gasteiger partial charge >= 0.3 is 6.03 Å². The molecule has 1 aliphatic carbocycles. The summed E-state index contributed by atoms with van der Waals surface area (Å²) >= 11 is 0. The van der Waals surface area contributed by atoms with Gasteiger partial charge < -0.3 is 15.5 Å². The van der Waals surface area contributed by atoms with Crippen LogP contribution in [0.4, 0.5) is 4.79 Å². The summed E-state index contributed by atoms with van der Waals surface area (Å²) in [7, 11) is 0.566.